The van der Waals surface area contributed by atoms with E-state index in [1.165, 1.54) is 25.7 Å². The van der Waals surface area contributed by atoms with Crippen LogP contribution in [0.2, 0.25) is 0 Å². The maximum absolute atomic E-state index is 10.9. The van der Waals surface area contributed by atoms with E-state index in [2.05, 4.69) is 6.92 Å². The van der Waals surface area contributed by atoms with Crippen molar-refractivity contribution in [2.24, 2.45) is 29.6 Å². The molecule has 3 nitrogen and oxygen atoms in total. The quantitative estimate of drug-likeness (QED) is 0.714. The molecular weight excluding hydrogens is 228 g/mol. The smallest absolute Gasteiger partial charge is 0.0623 e. The van der Waals surface area contributed by atoms with Gasteiger partial charge in [0.2, 0.25) is 0 Å². The summed E-state index contributed by atoms with van der Waals surface area (Å²) in [5, 5.41) is 20.8. The summed E-state index contributed by atoms with van der Waals surface area (Å²) in [6.45, 7) is 4.05. The van der Waals surface area contributed by atoms with E-state index < -0.39 is 18.0 Å². The third-order valence-electron chi connectivity index (χ3n) is 5.02. The molecule has 0 aromatic rings. The molecule has 104 valence electrons. The normalized spacial score (nSPS) is 37.1. The summed E-state index contributed by atoms with van der Waals surface area (Å²) >= 11 is 0. The molecule has 0 heterocycles. The Hall–Kier alpha value is -0.570. The Morgan fingerprint density at radius 1 is 1.22 bits per heavy atom. The van der Waals surface area contributed by atoms with Crippen LogP contribution in [0.4, 0.5) is 0 Å². The Kier molecular flexibility index (Phi) is 4.31. The fraction of sp³-hybridized carbons (Fsp3) is 0.933. The van der Waals surface area contributed by atoms with Crippen LogP contribution in [0.3, 0.4) is 0 Å². The Morgan fingerprint density at radius 3 is 2.33 bits per heavy atom. The third kappa shape index (κ3) is 3.25. The van der Waals surface area contributed by atoms with Gasteiger partial charge in [0.25, 0.3) is 0 Å². The fourth-order valence-corrected chi connectivity index (χ4v) is 3.45. The zero-order chi connectivity index (χ0) is 13.3. The minimum atomic E-state index is -1.10. The molecule has 0 bridgehead atoms. The zero-order valence-electron chi connectivity index (χ0n) is 11.5. The monoisotopic (exact) mass is 253 g/mol. The molecule has 0 saturated heterocycles. The van der Waals surface area contributed by atoms with Gasteiger partial charge in [0, 0.05) is 11.9 Å². The van der Waals surface area contributed by atoms with E-state index in [1.807, 2.05) is 0 Å². The number of hydrogen-bond donors (Lipinski definition) is 1. The van der Waals surface area contributed by atoms with Gasteiger partial charge in [-0.3, -0.25) is 0 Å². The van der Waals surface area contributed by atoms with Crippen LogP contribution in [-0.4, -0.2) is 17.2 Å². The highest BCUT2D eigenvalue weighted by Gasteiger charge is 2.45. The van der Waals surface area contributed by atoms with E-state index in [0.29, 0.717) is 18.8 Å². The van der Waals surface area contributed by atoms with Crippen molar-refractivity contribution < 1.29 is 15.0 Å². The van der Waals surface area contributed by atoms with Crippen LogP contribution in [0.25, 0.3) is 0 Å². The fourth-order valence-electron chi connectivity index (χ4n) is 3.45. The van der Waals surface area contributed by atoms with Crippen molar-refractivity contribution in [3.63, 3.8) is 0 Å². The average Bonchev–Trinajstić information content (AvgIpc) is 3.19. The number of carboxylic acid groups (broad SMARTS) is 1. The molecule has 18 heavy (non-hydrogen) atoms. The van der Waals surface area contributed by atoms with Gasteiger partial charge in [-0.15, -0.1) is 0 Å². The molecular formula is C15H25O3-. The lowest BCUT2D eigenvalue weighted by atomic mass is 9.94. The van der Waals surface area contributed by atoms with Crippen molar-refractivity contribution in [2.45, 2.75) is 58.5 Å². The molecule has 0 aliphatic heterocycles. The molecule has 0 spiro atoms. The van der Waals surface area contributed by atoms with Gasteiger partial charge in [-0.25, -0.2) is 0 Å². The number of carbonyl (C=O) groups is 1. The molecule has 1 N–H and O–H groups in total. The predicted molar refractivity (Wildman–Crippen MR) is 67.5 cm³/mol. The summed E-state index contributed by atoms with van der Waals surface area (Å²) < 4.78 is 0. The molecule has 2 saturated carbocycles. The van der Waals surface area contributed by atoms with Gasteiger partial charge >= 0.3 is 0 Å². The van der Waals surface area contributed by atoms with Gasteiger partial charge in [0.05, 0.1) is 6.10 Å². The maximum atomic E-state index is 10.9. The number of aliphatic hydroxyl groups is 1. The van der Waals surface area contributed by atoms with Gasteiger partial charge < -0.3 is 15.0 Å². The standard InChI is InChI=1S/C15H26O3/c1-3-9-5-10(9)6-11-7-12(11)8-14(16)13(4-2)15(17)18/h9-14,16H,3-8H2,1-2H3,(H,17,18)/p-1/t9?,10?,11?,12?,13-,14-/m1/s1. The van der Waals surface area contributed by atoms with Gasteiger partial charge in [-0.1, -0.05) is 20.3 Å². The SMILES string of the molecule is CCC1CC1CC1CC1C[C@@H](O)[C@@H](CC)C(=O)[O-]. The second kappa shape index (κ2) is 5.60. The Morgan fingerprint density at radius 2 is 1.83 bits per heavy atom. The molecule has 0 aromatic heterocycles. The van der Waals surface area contributed by atoms with Crippen molar-refractivity contribution in [3.05, 3.63) is 0 Å². The van der Waals surface area contributed by atoms with Crippen molar-refractivity contribution >= 4 is 5.97 Å². The maximum Gasteiger partial charge on any atom is 0.0623 e. The highest BCUT2D eigenvalue weighted by Crippen LogP contribution is 2.54. The summed E-state index contributed by atoms with van der Waals surface area (Å²) in [6.07, 6.45) is 5.58. The lowest BCUT2D eigenvalue weighted by molar-refractivity contribution is -0.314. The van der Waals surface area contributed by atoms with Crippen LogP contribution in [0.15, 0.2) is 0 Å². The highest BCUT2D eigenvalue weighted by atomic mass is 16.4. The second-order valence-electron chi connectivity index (χ2n) is 6.29. The van der Waals surface area contributed by atoms with Crippen LogP contribution < -0.4 is 5.11 Å². The Labute approximate surface area is 110 Å². The van der Waals surface area contributed by atoms with E-state index in [1.54, 1.807) is 6.92 Å². The summed E-state index contributed by atoms with van der Waals surface area (Å²) in [6, 6.07) is 0. The van der Waals surface area contributed by atoms with Gasteiger partial charge in [-0.05, 0) is 55.8 Å². The Bertz CT molecular complexity index is 302. The van der Waals surface area contributed by atoms with Crippen LogP contribution >= 0.6 is 0 Å². The number of aliphatic carboxylic acids is 1. The van der Waals surface area contributed by atoms with Crippen LogP contribution in [-0.2, 0) is 4.79 Å². The van der Waals surface area contributed by atoms with Crippen molar-refractivity contribution in [1.82, 2.24) is 0 Å². The molecule has 2 aliphatic carbocycles. The third-order valence-corrected chi connectivity index (χ3v) is 5.02. The summed E-state index contributed by atoms with van der Waals surface area (Å²) in [5.41, 5.74) is 0. The highest BCUT2D eigenvalue weighted by molar-refractivity contribution is 5.68. The van der Waals surface area contributed by atoms with Gasteiger partial charge in [-0.2, -0.15) is 0 Å². The van der Waals surface area contributed by atoms with Crippen LogP contribution in [0, 0.1) is 29.6 Å². The number of carbonyl (C=O) groups excluding carboxylic acids is 1. The van der Waals surface area contributed by atoms with E-state index in [0.717, 1.165) is 17.8 Å². The Balaban J connectivity index is 1.67. The van der Waals surface area contributed by atoms with Crippen LogP contribution in [0.1, 0.15) is 52.4 Å². The first kappa shape index (κ1) is 13.9. The zero-order valence-corrected chi connectivity index (χ0v) is 11.5. The minimum Gasteiger partial charge on any atom is -0.550 e. The number of aliphatic hydroxyl groups excluding tert-OH is 1. The predicted octanol–water partition coefficient (Wildman–Crippen LogP) is 1.59. The molecule has 6 atom stereocenters. The molecule has 0 amide bonds. The minimum absolute atomic E-state index is 0.460. The van der Waals surface area contributed by atoms with Crippen LogP contribution in [0.5, 0.6) is 0 Å². The summed E-state index contributed by atoms with van der Waals surface area (Å²) in [7, 11) is 0. The lowest BCUT2D eigenvalue weighted by Crippen LogP contribution is -2.38. The number of rotatable bonds is 8. The van der Waals surface area contributed by atoms with E-state index in [4.69, 9.17) is 0 Å². The van der Waals surface area contributed by atoms with Crippen molar-refractivity contribution in [2.75, 3.05) is 0 Å². The molecule has 2 rings (SSSR count). The van der Waals surface area contributed by atoms with E-state index in [9.17, 15) is 15.0 Å². The second-order valence-corrected chi connectivity index (χ2v) is 6.29. The summed E-state index contributed by atoms with van der Waals surface area (Å²) in [4.78, 5) is 10.9. The largest absolute Gasteiger partial charge is 0.550 e. The van der Waals surface area contributed by atoms with E-state index in [-0.39, 0.29) is 0 Å². The number of carboxylic acids is 1. The molecule has 2 aliphatic rings. The average molecular weight is 253 g/mol. The molecule has 2 fully saturated rings. The topological polar surface area (TPSA) is 60.4 Å². The number of hydrogen-bond acceptors (Lipinski definition) is 3. The molecule has 0 aromatic carbocycles. The van der Waals surface area contributed by atoms with Crippen molar-refractivity contribution in [3.8, 4) is 0 Å². The van der Waals surface area contributed by atoms with Gasteiger partial charge in [0.1, 0.15) is 0 Å². The first-order valence-corrected chi connectivity index (χ1v) is 7.45. The van der Waals surface area contributed by atoms with E-state index >= 15 is 0 Å². The summed E-state index contributed by atoms with van der Waals surface area (Å²) in [5.74, 6) is 1.39. The van der Waals surface area contributed by atoms with Gasteiger partial charge in [0.15, 0.2) is 0 Å². The molecule has 4 unspecified atom stereocenters. The van der Waals surface area contributed by atoms with Crippen molar-refractivity contribution in [1.29, 1.82) is 0 Å². The molecule has 0 radical (unpaired) electrons. The first-order valence-electron chi connectivity index (χ1n) is 7.45. The molecule has 3 heteroatoms. The first-order chi connectivity index (χ1) is 8.56. The lowest BCUT2D eigenvalue weighted by Gasteiger charge is -2.22.